The number of aryl methyl sites for hydroxylation is 4. The van der Waals surface area contributed by atoms with E-state index in [2.05, 4.69) is 49.5 Å². The molecule has 0 amide bonds. The van der Waals surface area contributed by atoms with Gasteiger partial charge in [0, 0.05) is 0 Å². The Morgan fingerprint density at radius 3 is 1.50 bits per heavy atom. The van der Waals surface area contributed by atoms with Crippen molar-refractivity contribution in [3.8, 4) is 0 Å². The Hall–Kier alpha value is -0.213. The van der Waals surface area contributed by atoms with Gasteiger partial charge in [-0.25, -0.2) is 12.1 Å². The van der Waals surface area contributed by atoms with E-state index < -0.39 is 0 Å². The Kier molecular flexibility index (Phi) is 8.09. The summed E-state index contributed by atoms with van der Waals surface area (Å²) in [6.07, 6.45) is 10.9. The average Bonchev–Trinajstić information content (AvgIpc) is 3.16. The largest absolute Gasteiger partial charge is 0.210 e. The fraction of sp³-hybridized carbons (Fsp3) is 0.500. The van der Waals surface area contributed by atoms with Crippen LogP contribution in [0.3, 0.4) is 0 Å². The van der Waals surface area contributed by atoms with Gasteiger partial charge in [-0.2, -0.15) is 46.5 Å². The maximum atomic E-state index is 2.33. The summed E-state index contributed by atoms with van der Waals surface area (Å²) in [6, 6.07) is 13.4. The van der Waals surface area contributed by atoms with Crippen LogP contribution in [0.25, 0.3) is 0 Å². The van der Waals surface area contributed by atoms with Gasteiger partial charge in [0.05, 0.1) is 0 Å². The third-order valence-electron chi connectivity index (χ3n) is 4.30. The molecular weight excluding hydrogens is 447 g/mol. The molecule has 0 heterocycles. The first-order valence-corrected chi connectivity index (χ1v) is 16.5. The molecule has 0 spiro atoms. The van der Waals surface area contributed by atoms with E-state index in [4.69, 9.17) is 0 Å². The average molecular weight is 475 g/mol. The summed E-state index contributed by atoms with van der Waals surface area (Å²) in [6.45, 7) is 4.66. The zero-order chi connectivity index (χ0) is 15.8. The Labute approximate surface area is 151 Å². The van der Waals surface area contributed by atoms with Gasteiger partial charge in [-0.15, -0.1) is 0 Å². The monoisotopic (exact) mass is 476 g/mol. The Morgan fingerprint density at radius 2 is 1.14 bits per heavy atom. The Bertz CT molecular complexity index is 485. The maximum Gasteiger partial charge on any atom is -0.0512 e. The fourth-order valence-electron chi connectivity index (χ4n) is 3.23. The molecule has 0 nitrogen and oxygen atoms in total. The van der Waals surface area contributed by atoms with Crippen LogP contribution in [-0.2, 0) is 48.7 Å². The zero-order valence-electron chi connectivity index (χ0n) is 14.1. The quantitative estimate of drug-likeness (QED) is 0.356. The van der Waals surface area contributed by atoms with Crippen LogP contribution < -0.4 is 0 Å². The smallest absolute Gasteiger partial charge is 0.0512 e. The molecule has 0 atom stereocenters. The summed E-state index contributed by atoms with van der Waals surface area (Å²) in [5.74, 6) is 0. The molecule has 0 fully saturated rings. The summed E-state index contributed by atoms with van der Waals surface area (Å²) < 4.78 is 0. The first kappa shape index (κ1) is 18.1. The molecule has 0 unspecified atom stereocenters. The van der Waals surface area contributed by atoms with Crippen LogP contribution >= 0.6 is 0 Å². The van der Waals surface area contributed by atoms with Crippen LogP contribution in [0.4, 0.5) is 0 Å². The van der Waals surface area contributed by atoms with Gasteiger partial charge in [-0.05, 0) is 0 Å². The molecule has 2 aromatic rings. The number of fused-ring (bicyclic) bond motifs is 2. The van der Waals surface area contributed by atoms with Crippen molar-refractivity contribution >= 4 is 5.49 Å². The molecule has 0 saturated heterocycles. The maximum absolute atomic E-state index is 2.33. The summed E-state index contributed by atoms with van der Waals surface area (Å²) >= 11 is 1.45. The van der Waals surface area contributed by atoms with E-state index in [-0.39, 0.29) is 5.49 Å². The molecule has 0 aliphatic heterocycles. The fourth-order valence-corrected chi connectivity index (χ4v) is 3.23. The minimum atomic E-state index is 0.259. The van der Waals surface area contributed by atoms with Gasteiger partial charge in [0.2, 0.25) is 0 Å². The van der Waals surface area contributed by atoms with Crippen molar-refractivity contribution in [2.75, 3.05) is 0 Å². The SMILES string of the molecule is C[Si](C)=[Hf+2].c1cc2c([cH-]1)CCCC2.c1cc2c([cH-]1)CCCC2. The molecule has 2 heteroatoms. The summed E-state index contributed by atoms with van der Waals surface area (Å²) in [5, 5.41) is 0. The predicted octanol–water partition coefficient (Wildman–Crippen LogP) is 5.35. The Morgan fingerprint density at radius 1 is 0.773 bits per heavy atom. The van der Waals surface area contributed by atoms with Gasteiger partial charge < -0.3 is 0 Å². The topological polar surface area (TPSA) is 0 Å². The normalized spacial score (nSPS) is 15.5. The first-order valence-electron chi connectivity index (χ1n) is 8.65. The minimum absolute atomic E-state index is 0.259. The second-order valence-corrected chi connectivity index (χ2v) is 19.3. The molecule has 2 aromatic carbocycles. The zero-order valence-corrected chi connectivity index (χ0v) is 18.7. The molecule has 2 aliphatic carbocycles. The van der Waals surface area contributed by atoms with E-state index in [9.17, 15) is 0 Å². The molecule has 0 aromatic heterocycles. The van der Waals surface area contributed by atoms with E-state index in [1.807, 2.05) is 0 Å². The van der Waals surface area contributed by atoms with Crippen LogP contribution in [0.1, 0.15) is 47.9 Å². The number of rotatable bonds is 0. The molecule has 0 radical (unpaired) electrons. The second-order valence-electron chi connectivity index (χ2n) is 6.57. The van der Waals surface area contributed by atoms with Crippen LogP contribution in [-0.4, -0.2) is 5.49 Å². The third kappa shape index (κ3) is 6.12. The van der Waals surface area contributed by atoms with Gasteiger partial charge in [0.25, 0.3) is 0 Å². The number of hydrogen-bond acceptors (Lipinski definition) is 0. The Balaban J connectivity index is 0.000000131. The van der Waals surface area contributed by atoms with Crippen molar-refractivity contribution in [1.82, 2.24) is 0 Å². The van der Waals surface area contributed by atoms with E-state index >= 15 is 0 Å². The van der Waals surface area contributed by atoms with Gasteiger partial charge in [0.1, 0.15) is 0 Å². The van der Waals surface area contributed by atoms with Crippen LogP contribution in [0.2, 0.25) is 13.1 Å². The summed E-state index contributed by atoms with van der Waals surface area (Å²) in [5.41, 5.74) is 6.65. The van der Waals surface area contributed by atoms with Crippen LogP contribution in [0.5, 0.6) is 0 Å². The van der Waals surface area contributed by atoms with Crippen molar-refractivity contribution < 1.29 is 23.0 Å². The first-order chi connectivity index (χ1) is 10.7. The predicted molar refractivity (Wildman–Crippen MR) is 94.8 cm³/mol. The molecule has 4 rings (SSSR count). The van der Waals surface area contributed by atoms with Crippen molar-refractivity contribution in [3.63, 3.8) is 0 Å². The second kappa shape index (κ2) is 9.82. The van der Waals surface area contributed by atoms with Crippen molar-refractivity contribution in [2.24, 2.45) is 0 Å². The molecule has 22 heavy (non-hydrogen) atoms. The van der Waals surface area contributed by atoms with E-state index in [0.29, 0.717) is 0 Å². The van der Waals surface area contributed by atoms with Crippen molar-refractivity contribution in [3.05, 3.63) is 58.7 Å². The molecule has 0 saturated carbocycles. The van der Waals surface area contributed by atoms with E-state index in [1.165, 1.54) is 74.4 Å². The number of hydrogen-bond donors (Lipinski definition) is 0. The van der Waals surface area contributed by atoms with Crippen LogP contribution in [0.15, 0.2) is 36.4 Å². The summed E-state index contributed by atoms with van der Waals surface area (Å²) in [4.78, 5) is 0. The third-order valence-corrected chi connectivity index (χ3v) is 4.30. The van der Waals surface area contributed by atoms with E-state index in [1.54, 1.807) is 22.3 Å². The molecule has 0 bridgehead atoms. The molecule has 2 aliphatic rings. The molecule has 116 valence electrons. The van der Waals surface area contributed by atoms with Gasteiger partial charge in [0.15, 0.2) is 0 Å². The van der Waals surface area contributed by atoms with Crippen molar-refractivity contribution in [1.29, 1.82) is 0 Å². The van der Waals surface area contributed by atoms with Gasteiger partial charge >= 0.3 is 41.6 Å². The van der Waals surface area contributed by atoms with Crippen molar-refractivity contribution in [2.45, 2.75) is 64.5 Å². The van der Waals surface area contributed by atoms with Gasteiger partial charge in [-0.1, -0.05) is 51.4 Å². The molecular formula is C20H28HfSi. The standard InChI is InChI=1S/2C9H11.C2H6Si.Hf/c2*1-2-5-9-7-3-6-8(9)4-1;1-3-2;/h2*3,6-7H,1-2,4-5H2;1-2H3;/q2*-1;;+2. The van der Waals surface area contributed by atoms with Gasteiger partial charge in [-0.3, -0.25) is 0 Å². The molecule has 0 N–H and O–H groups in total. The minimum Gasteiger partial charge on any atom is -0.210 e. The van der Waals surface area contributed by atoms with Crippen LogP contribution in [0, 0.1) is 0 Å². The van der Waals surface area contributed by atoms with E-state index in [0.717, 1.165) is 0 Å². The summed E-state index contributed by atoms with van der Waals surface area (Å²) in [7, 11) is 0.